The highest BCUT2D eigenvalue weighted by atomic mass is 35.5. The lowest BCUT2D eigenvalue weighted by Gasteiger charge is -2.33. The van der Waals surface area contributed by atoms with Crippen molar-refractivity contribution in [1.29, 1.82) is 0 Å². The molecular weight excluding hydrogens is 424 g/mol. The smallest absolute Gasteiger partial charge is 0.243 e. The highest BCUT2D eigenvalue weighted by molar-refractivity contribution is 7.89. The van der Waals surface area contributed by atoms with E-state index in [1.54, 1.807) is 24.3 Å². The molecule has 1 N–H and O–H groups in total. The summed E-state index contributed by atoms with van der Waals surface area (Å²) in [5.41, 5.74) is 0.936. The molecule has 0 aromatic heterocycles. The van der Waals surface area contributed by atoms with Crippen molar-refractivity contribution >= 4 is 39.0 Å². The summed E-state index contributed by atoms with van der Waals surface area (Å²) in [4.78, 5) is 24.4. The number of sulfonamides is 1. The van der Waals surface area contributed by atoms with Crippen molar-refractivity contribution in [2.45, 2.75) is 50.0 Å². The summed E-state index contributed by atoms with van der Waals surface area (Å²) >= 11 is 5.90. The molecule has 0 unspecified atom stereocenters. The maximum absolute atomic E-state index is 13.3. The number of anilines is 1. The van der Waals surface area contributed by atoms with Gasteiger partial charge < -0.3 is 5.32 Å². The molecule has 1 amide bonds. The fraction of sp³-hybridized carbons (Fsp3) is 0.364. The Morgan fingerprint density at radius 3 is 2.37 bits per heavy atom. The molecule has 0 atom stereocenters. The zero-order valence-corrected chi connectivity index (χ0v) is 18.4. The number of nitrogens with zero attached hydrogens (tertiary/aromatic N) is 1. The molecule has 160 valence electrons. The van der Waals surface area contributed by atoms with Crippen LogP contribution in [0.15, 0.2) is 53.4 Å². The summed E-state index contributed by atoms with van der Waals surface area (Å²) in [5.74, 6) is -0.556. The first kappa shape index (κ1) is 22.5. The lowest BCUT2D eigenvalue weighted by Crippen LogP contribution is -2.45. The summed E-state index contributed by atoms with van der Waals surface area (Å²) < 4.78 is 28.0. The van der Waals surface area contributed by atoms with Crippen LogP contribution in [-0.4, -0.2) is 37.0 Å². The Bertz CT molecular complexity index is 1020. The standard InChI is InChI=1S/C22H25ClN2O4S/c1-16(26)17-6-5-7-19(14-17)24-22(27)15-25(20-8-3-2-4-9-20)30(28,29)21-12-10-18(23)11-13-21/h5-7,10-14,20H,2-4,8-9,15H2,1H3,(H,24,27). The minimum absolute atomic E-state index is 0.111. The quantitative estimate of drug-likeness (QED) is 0.632. The lowest BCUT2D eigenvalue weighted by atomic mass is 9.95. The summed E-state index contributed by atoms with van der Waals surface area (Å²) in [6.45, 7) is 1.16. The van der Waals surface area contributed by atoms with Gasteiger partial charge in [-0.05, 0) is 56.2 Å². The molecule has 1 saturated carbocycles. The van der Waals surface area contributed by atoms with Crippen LogP contribution in [0.25, 0.3) is 0 Å². The number of halogens is 1. The Kier molecular flexibility index (Phi) is 7.28. The van der Waals surface area contributed by atoms with E-state index in [0.717, 1.165) is 32.1 Å². The predicted octanol–water partition coefficient (Wildman–Crippen LogP) is 4.50. The monoisotopic (exact) mass is 448 g/mol. The van der Waals surface area contributed by atoms with Crippen LogP contribution in [0.5, 0.6) is 0 Å². The van der Waals surface area contributed by atoms with Crippen LogP contribution >= 0.6 is 11.6 Å². The van der Waals surface area contributed by atoms with E-state index in [0.29, 0.717) is 16.3 Å². The Balaban J connectivity index is 1.83. The van der Waals surface area contributed by atoms with E-state index in [-0.39, 0.29) is 23.3 Å². The van der Waals surface area contributed by atoms with Gasteiger partial charge in [-0.2, -0.15) is 4.31 Å². The van der Waals surface area contributed by atoms with Crippen LogP contribution in [0.4, 0.5) is 5.69 Å². The molecule has 0 saturated heterocycles. The van der Waals surface area contributed by atoms with Crippen LogP contribution in [0.2, 0.25) is 5.02 Å². The van der Waals surface area contributed by atoms with Crippen molar-refractivity contribution in [2.24, 2.45) is 0 Å². The first-order chi connectivity index (χ1) is 14.3. The summed E-state index contributed by atoms with van der Waals surface area (Å²) in [5, 5.41) is 3.17. The van der Waals surface area contributed by atoms with E-state index in [2.05, 4.69) is 5.32 Å². The van der Waals surface area contributed by atoms with Gasteiger partial charge in [-0.25, -0.2) is 8.42 Å². The molecular formula is C22H25ClN2O4S. The molecule has 1 fully saturated rings. The van der Waals surface area contributed by atoms with Gasteiger partial charge in [-0.1, -0.05) is 43.0 Å². The number of hydrogen-bond donors (Lipinski definition) is 1. The number of ketones is 1. The van der Waals surface area contributed by atoms with Gasteiger partial charge in [-0.15, -0.1) is 0 Å². The molecule has 2 aromatic rings. The molecule has 2 aromatic carbocycles. The van der Waals surface area contributed by atoms with Crippen LogP contribution < -0.4 is 5.32 Å². The van der Waals surface area contributed by atoms with E-state index < -0.39 is 15.9 Å². The Morgan fingerprint density at radius 1 is 1.07 bits per heavy atom. The SMILES string of the molecule is CC(=O)c1cccc(NC(=O)CN(C2CCCCC2)S(=O)(=O)c2ccc(Cl)cc2)c1. The van der Waals surface area contributed by atoms with Gasteiger partial charge in [0.05, 0.1) is 11.4 Å². The van der Waals surface area contributed by atoms with Gasteiger partial charge in [-0.3, -0.25) is 9.59 Å². The first-order valence-corrected chi connectivity index (χ1v) is 11.8. The van der Waals surface area contributed by atoms with Crippen molar-refractivity contribution in [3.8, 4) is 0 Å². The zero-order chi connectivity index (χ0) is 21.7. The van der Waals surface area contributed by atoms with E-state index in [4.69, 9.17) is 11.6 Å². The molecule has 0 heterocycles. The second kappa shape index (κ2) is 9.73. The van der Waals surface area contributed by atoms with E-state index in [1.165, 1.54) is 35.5 Å². The second-order valence-electron chi connectivity index (χ2n) is 7.48. The molecule has 0 spiro atoms. The van der Waals surface area contributed by atoms with Crippen molar-refractivity contribution in [2.75, 3.05) is 11.9 Å². The molecule has 1 aliphatic carbocycles. The number of rotatable bonds is 7. The minimum Gasteiger partial charge on any atom is -0.325 e. The van der Waals surface area contributed by atoms with Crippen LogP contribution in [0, 0.1) is 0 Å². The van der Waals surface area contributed by atoms with Gasteiger partial charge in [0.25, 0.3) is 0 Å². The van der Waals surface area contributed by atoms with Gasteiger partial charge in [0, 0.05) is 22.3 Å². The van der Waals surface area contributed by atoms with Gasteiger partial charge >= 0.3 is 0 Å². The number of carbonyl (C=O) groups is 2. The minimum atomic E-state index is -3.87. The van der Waals surface area contributed by atoms with E-state index in [9.17, 15) is 18.0 Å². The van der Waals surface area contributed by atoms with Crippen LogP contribution in [-0.2, 0) is 14.8 Å². The van der Waals surface area contributed by atoms with Crippen LogP contribution in [0.1, 0.15) is 49.4 Å². The van der Waals surface area contributed by atoms with Crippen molar-refractivity contribution < 1.29 is 18.0 Å². The van der Waals surface area contributed by atoms with E-state index >= 15 is 0 Å². The number of nitrogens with one attached hydrogen (secondary N) is 1. The largest absolute Gasteiger partial charge is 0.325 e. The average molecular weight is 449 g/mol. The molecule has 1 aliphatic rings. The number of amides is 1. The third kappa shape index (κ3) is 5.47. The summed E-state index contributed by atoms with van der Waals surface area (Å²) in [7, 11) is -3.87. The molecule has 30 heavy (non-hydrogen) atoms. The second-order valence-corrected chi connectivity index (χ2v) is 9.81. The fourth-order valence-corrected chi connectivity index (χ4v) is 5.45. The molecule has 3 rings (SSSR count). The highest BCUT2D eigenvalue weighted by Crippen LogP contribution is 2.28. The van der Waals surface area contributed by atoms with Gasteiger partial charge in [0.2, 0.25) is 15.9 Å². The summed E-state index contributed by atoms with van der Waals surface area (Å²) in [6, 6.07) is 12.3. The third-order valence-electron chi connectivity index (χ3n) is 5.25. The molecule has 8 heteroatoms. The van der Waals surface area contributed by atoms with E-state index in [1.807, 2.05) is 0 Å². The Labute approximate surface area is 182 Å². The van der Waals surface area contributed by atoms with Crippen LogP contribution in [0.3, 0.4) is 0 Å². The van der Waals surface area contributed by atoms with Crippen molar-refractivity contribution in [3.05, 3.63) is 59.1 Å². The maximum Gasteiger partial charge on any atom is 0.243 e. The fourth-order valence-electron chi connectivity index (χ4n) is 3.68. The highest BCUT2D eigenvalue weighted by Gasteiger charge is 2.34. The molecule has 0 radical (unpaired) electrons. The van der Waals surface area contributed by atoms with Crippen molar-refractivity contribution in [3.63, 3.8) is 0 Å². The third-order valence-corrected chi connectivity index (χ3v) is 7.42. The van der Waals surface area contributed by atoms with Crippen molar-refractivity contribution in [1.82, 2.24) is 4.31 Å². The molecule has 0 aliphatic heterocycles. The predicted molar refractivity (Wildman–Crippen MR) is 117 cm³/mol. The zero-order valence-electron chi connectivity index (χ0n) is 16.8. The van der Waals surface area contributed by atoms with Gasteiger partial charge in [0.15, 0.2) is 5.78 Å². The number of benzene rings is 2. The maximum atomic E-state index is 13.3. The number of Topliss-reactive ketones (excluding diaryl/α,β-unsaturated/α-hetero) is 1. The number of hydrogen-bond acceptors (Lipinski definition) is 4. The average Bonchev–Trinajstić information content (AvgIpc) is 2.73. The Hall–Kier alpha value is -2.22. The van der Waals surface area contributed by atoms with Gasteiger partial charge in [0.1, 0.15) is 0 Å². The topological polar surface area (TPSA) is 83.6 Å². The Morgan fingerprint density at radius 2 is 1.73 bits per heavy atom. The number of carbonyl (C=O) groups excluding carboxylic acids is 2. The normalized spacial score (nSPS) is 15.2. The lowest BCUT2D eigenvalue weighted by molar-refractivity contribution is -0.116. The summed E-state index contributed by atoms with van der Waals surface area (Å²) in [6.07, 6.45) is 4.37. The first-order valence-electron chi connectivity index (χ1n) is 9.95. The molecule has 6 nitrogen and oxygen atoms in total. The molecule has 0 bridgehead atoms.